The lowest BCUT2D eigenvalue weighted by Gasteiger charge is -2.28. The third kappa shape index (κ3) is 4.33. The number of hydrogen-bond acceptors (Lipinski definition) is 4. The lowest BCUT2D eigenvalue weighted by atomic mass is 10.1. The summed E-state index contributed by atoms with van der Waals surface area (Å²) in [5.41, 5.74) is 1.99. The topological polar surface area (TPSA) is 49.9 Å². The molecule has 0 aromatic heterocycles. The average Bonchev–Trinajstić information content (AvgIpc) is 2.85. The molecule has 0 bridgehead atoms. The predicted octanol–water partition coefficient (Wildman–Crippen LogP) is 3.55. The van der Waals surface area contributed by atoms with Crippen molar-refractivity contribution >= 4 is 17.4 Å². The molecule has 0 radical (unpaired) electrons. The second-order valence-electron chi connectivity index (χ2n) is 6.67. The molecule has 0 fully saturated rings. The van der Waals surface area contributed by atoms with Crippen molar-refractivity contribution in [1.29, 1.82) is 0 Å². The molecule has 0 spiro atoms. The van der Waals surface area contributed by atoms with Crippen molar-refractivity contribution in [3.63, 3.8) is 0 Å². The van der Waals surface area contributed by atoms with Crippen LogP contribution < -0.4 is 9.64 Å². The molecular weight excluding hydrogens is 373 g/mol. The first-order valence-corrected chi connectivity index (χ1v) is 8.57. The van der Waals surface area contributed by atoms with Gasteiger partial charge in [-0.3, -0.25) is 19.4 Å². The van der Waals surface area contributed by atoms with Crippen LogP contribution in [0, 0.1) is 6.92 Å². The van der Waals surface area contributed by atoms with E-state index in [4.69, 9.17) is 4.74 Å². The largest absolute Gasteiger partial charge is 0.497 e. The van der Waals surface area contributed by atoms with E-state index >= 15 is 0 Å². The van der Waals surface area contributed by atoms with Crippen LogP contribution in [0.15, 0.2) is 42.5 Å². The summed E-state index contributed by atoms with van der Waals surface area (Å²) in [5.74, 6) is -0.923. The molecule has 0 saturated carbocycles. The molecule has 8 heteroatoms. The second-order valence-corrected chi connectivity index (χ2v) is 6.67. The van der Waals surface area contributed by atoms with Crippen LogP contribution in [-0.2, 0) is 11.3 Å². The summed E-state index contributed by atoms with van der Waals surface area (Å²) in [6.07, 6.45) is -4.45. The molecule has 0 N–H and O–H groups in total. The van der Waals surface area contributed by atoms with Crippen LogP contribution in [0.1, 0.15) is 21.5 Å². The van der Waals surface area contributed by atoms with Crippen molar-refractivity contribution in [1.82, 2.24) is 4.90 Å². The van der Waals surface area contributed by atoms with Crippen molar-refractivity contribution in [2.75, 3.05) is 25.2 Å². The quantitative estimate of drug-likeness (QED) is 0.706. The van der Waals surface area contributed by atoms with Gasteiger partial charge in [-0.1, -0.05) is 23.8 Å². The van der Waals surface area contributed by atoms with Crippen LogP contribution in [0.4, 0.5) is 18.9 Å². The summed E-state index contributed by atoms with van der Waals surface area (Å²) in [4.78, 5) is 26.8. The van der Waals surface area contributed by atoms with E-state index in [1.54, 1.807) is 49.4 Å². The number of nitrogens with zero attached hydrogens (tertiary/aromatic N) is 2. The molecular formula is C20H19F3N2O3. The molecule has 1 aliphatic heterocycles. The van der Waals surface area contributed by atoms with Gasteiger partial charge in [-0.15, -0.1) is 0 Å². The van der Waals surface area contributed by atoms with Gasteiger partial charge in [0.15, 0.2) is 0 Å². The Hall–Kier alpha value is -2.87. The Morgan fingerprint density at radius 1 is 1.07 bits per heavy atom. The molecule has 28 heavy (non-hydrogen) atoms. The molecule has 1 heterocycles. The third-order valence-corrected chi connectivity index (χ3v) is 4.44. The number of anilines is 1. The molecule has 0 saturated heterocycles. The number of ether oxygens (including phenoxy) is 1. The molecule has 0 aliphatic carbocycles. The van der Waals surface area contributed by atoms with E-state index in [0.29, 0.717) is 17.0 Å². The lowest BCUT2D eigenvalue weighted by Crippen LogP contribution is -2.44. The number of aryl methyl sites for hydroxylation is 1. The summed E-state index contributed by atoms with van der Waals surface area (Å²) in [7, 11) is 1.50. The third-order valence-electron chi connectivity index (χ3n) is 4.44. The summed E-state index contributed by atoms with van der Waals surface area (Å²) < 4.78 is 44.3. The van der Waals surface area contributed by atoms with Crippen molar-refractivity contribution in [2.45, 2.75) is 19.6 Å². The molecule has 1 amide bonds. The maximum Gasteiger partial charge on any atom is 0.401 e. The van der Waals surface area contributed by atoms with E-state index in [1.807, 2.05) is 0 Å². The number of Topliss-reactive ketones (excluding diaryl/α,β-unsaturated/α-hetero) is 1. The van der Waals surface area contributed by atoms with Crippen molar-refractivity contribution in [3.05, 3.63) is 59.2 Å². The Morgan fingerprint density at radius 3 is 2.36 bits per heavy atom. The Kier molecular flexibility index (Phi) is 5.42. The first kappa shape index (κ1) is 19.9. The summed E-state index contributed by atoms with van der Waals surface area (Å²) in [6.45, 7) is 0.188. The Morgan fingerprint density at radius 2 is 1.75 bits per heavy atom. The second kappa shape index (κ2) is 7.63. The highest BCUT2D eigenvalue weighted by molar-refractivity contribution is 6.52. The average molecular weight is 392 g/mol. The van der Waals surface area contributed by atoms with Gasteiger partial charge < -0.3 is 4.74 Å². The molecule has 1 aliphatic rings. The molecule has 3 rings (SSSR count). The van der Waals surface area contributed by atoms with Gasteiger partial charge in [0, 0.05) is 6.54 Å². The molecule has 148 valence electrons. The van der Waals surface area contributed by atoms with Crippen molar-refractivity contribution in [2.24, 2.45) is 0 Å². The number of alkyl halides is 3. The van der Waals surface area contributed by atoms with E-state index in [0.717, 1.165) is 15.4 Å². The highest BCUT2D eigenvalue weighted by Crippen LogP contribution is 2.30. The number of carbonyl (C=O) groups excluding carboxylic acids is 2. The first-order chi connectivity index (χ1) is 13.2. The van der Waals surface area contributed by atoms with Crippen LogP contribution in [-0.4, -0.2) is 43.1 Å². The SMILES string of the molecule is COc1ccc(CN(CN2C(=O)C(=O)c3cc(C)ccc32)CC(F)(F)F)cc1. The summed E-state index contributed by atoms with van der Waals surface area (Å²) in [5, 5.41) is 0. The van der Waals surface area contributed by atoms with E-state index in [2.05, 4.69) is 0 Å². The van der Waals surface area contributed by atoms with Gasteiger partial charge in [-0.2, -0.15) is 13.2 Å². The first-order valence-electron chi connectivity index (χ1n) is 8.57. The Balaban J connectivity index is 1.85. The van der Waals surface area contributed by atoms with Crippen LogP contribution in [0.25, 0.3) is 0 Å². The van der Waals surface area contributed by atoms with E-state index < -0.39 is 24.4 Å². The summed E-state index contributed by atoms with van der Waals surface area (Å²) >= 11 is 0. The fourth-order valence-corrected chi connectivity index (χ4v) is 3.15. The monoisotopic (exact) mass is 392 g/mol. The number of hydrogen-bond donors (Lipinski definition) is 0. The minimum absolute atomic E-state index is 0.0390. The number of benzene rings is 2. The van der Waals surface area contributed by atoms with Crippen LogP contribution in [0.5, 0.6) is 5.75 Å². The number of carbonyl (C=O) groups is 2. The van der Waals surface area contributed by atoms with E-state index in [-0.39, 0.29) is 18.8 Å². The number of amides is 1. The number of ketones is 1. The van der Waals surface area contributed by atoms with Crippen LogP contribution >= 0.6 is 0 Å². The standard InChI is InChI=1S/C20H19F3N2O3/c1-13-3-8-17-16(9-13)18(26)19(27)25(17)12-24(11-20(21,22)23)10-14-4-6-15(28-2)7-5-14/h3-9H,10-12H2,1-2H3. The fraction of sp³-hybridized carbons (Fsp3) is 0.300. The van der Waals surface area contributed by atoms with Gasteiger partial charge in [0.2, 0.25) is 0 Å². The Labute approximate surface area is 160 Å². The highest BCUT2D eigenvalue weighted by Gasteiger charge is 2.38. The van der Waals surface area contributed by atoms with Gasteiger partial charge in [0.25, 0.3) is 5.78 Å². The number of fused-ring (bicyclic) bond motifs is 1. The maximum atomic E-state index is 13.1. The minimum atomic E-state index is -4.45. The molecule has 5 nitrogen and oxygen atoms in total. The van der Waals surface area contributed by atoms with Gasteiger partial charge >= 0.3 is 12.1 Å². The zero-order valence-corrected chi connectivity index (χ0v) is 15.4. The van der Waals surface area contributed by atoms with Crippen LogP contribution in [0.2, 0.25) is 0 Å². The minimum Gasteiger partial charge on any atom is -0.497 e. The molecule has 0 unspecified atom stereocenters. The number of methoxy groups -OCH3 is 1. The smallest absolute Gasteiger partial charge is 0.401 e. The normalized spacial score (nSPS) is 14.0. The summed E-state index contributed by atoms with van der Waals surface area (Å²) in [6, 6.07) is 11.5. The number of halogens is 3. The highest BCUT2D eigenvalue weighted by atomic mass is 19.4. The maximum absolute atomic E-state index is 13.1. The Bertz CT molecular complexity index is 895. The van der Waals surface area contributed by atoms with Gasteiger partial charge in [-0.25, -0.2) is 0 Å². The molecule has 0 atom stereocenters. The molecule has 2 aromatic rings. The zero-order chi connectivity index (χ0) is 20.5. The van der Waals surface area contributed by atoms with Gasteiger partial charge in [-0.05, 0) is 36.8 Å². The number of rotatable bonds is 6. The zero-order valence-electron chi connectivity index (χ0n) is 15.4. The van der Waals surface area contributed by atoms with Crippen LogP contribution in [0.3, 0.4) is 0 Å². The molecule has 2 aromatic carbocycles. The predicted molar refractivity (Wildman–Crippen MR) is 97.3 cm³/mol. The van der Waals surface area contributed by atoms with Gasteiger partial charge in [0.1, 0.15) is 5.75 Å². The fourth-order valence-electron chi connectivity index (χ4n) is 3.15. The lowest BCUT2D eigenvalue weighted by molar-refractivity contribution is -0.147. The van der Waals surface area contributed by atoms with E-state index in [1.165, 1.54) is 7.11 Å². The van der Waals surface area contributed by atoms with Gasteiger partial charge in [0.05, 0.1) is 31.6 Å². The van der Waals surface area contributed by atoms with Crippen molar-refractivity contribution in [3.8, 4) is 5.75 Å². The van der Waals surface area contributed by atoms with Crippen molar-refractivity contribution < 1.29 is 27.5 Å². The van der Waals surface area contributed by atoms with E-state index in [9.17, 15) is 22.8 Å².